The number of hydrogen-bond acceptors (Lipinski definition) is 3. The molecule has 86 valence electrons. The number of rotatable bonds is 0. The van der Waals surface area contributed by atoms with E-state index in [0.29, 0.717) is 22.1 Å². The molecule has 0 unspecified atom stereocenters. The van der Waals surface area contributed by atoms with E-state index in [2.05, 4.69) is 15.7 Å². The number of nitrogens with zero attached hydrogens (tertiary/aromatic N) is 2. The van der Waals surface area contributed by atoms with Gasteiger partial charge >= 0.3 is 0 Å². The third-order valence-electron chi connectivity index (χ3n) is 2.67. The molecule has 1 aliphatic heterocycles. The van der Waals surface area contributed by atoms with Gasteiger partial charge in [0, 0.05) is 12.1 Å². The minimum atomic E-state index is -0.179. The quantitative estimate of drug-likeness (QED) is 0.753. The van der Waals surface area contributed by atoms with Gasteiger partial charge in [-0.3, -0.25) is 9.48 Å². The molecule has 0 bridgehead atoms. The molecule has 2 heterocycles. The molecule has 0 saturated carbocycles. The van der Waals surface area contributed by atoms with Crippen molar-refractivity contribution in [3.63, 3.8) is 0 Å². The first-order valence-corrected chi connectivity index (χ1v) is 5.43. The molecule has 17 heavy (non-hydrogen) atoms. The van der Waals surface area contributed by atoms with Crippen molar-refractivity contribution in [2.24, 2.45) is 7.05 Å². The van der Waals surface area contributed by atoms with Crippen molar-refractivity contribution in [2.45, 2.75) is 0 Å². The van der Waals surface area contributed by atoms with Crippen molar-refractivity contribution in [3.8, 4) is 0 Å². The number of hydrogen-bond donors (Lipinski definition) is 2. The number of fused-ring (bicyclic) bond motifs is 2. The SMILES string of the molecule is Cn1ncc2c1Nc1cc(Cl)ccc1NC2=O. The summed E-state index contributed by atoms with van der Waals surface area (Å²) in [5.41, 5.74) is 1.98. The van der Waals surface area contributed by atoms with Crippen LogP contribution in [0.15, 0.2) is 24.4 Å². The molecule has 5 nitrogen and oxygen atoms in total. The summed E-state index contributed by atoms with van der Waals surface area (Å²) in [4.78, 5) is 11.9. The van der Waals surface area contributed by atoms with E-state index in [1.807, 2.05) is 0 Å². The highest BCUT2D eigenvalue weighted by Gasteiger charge is 2.22. The van der Waals surface area contributed by atoms with Crippen LogP contribution in [0.1, 0.15) is 10.4 Å². The van der Waals surface area contributed by atoms with Crippen molar-refractivity contribution >= 4 is 34.7 Å². The van der Waals surface area contributed by atoms with Crippen LogP contribution >= 0.6 is 11.6 Å². The van der Waals surface area contributed by atoms with Gasteiger partial charge in [0.2, 0.25) is 0 Å². The van der Waals surface area contributed by atoms with Gasteiger partial charge in [-0.25, -0.2) is 0 Å². The first-order chi connectivity index (χ1) is 8.15. The summed E-state index contributed by atoms with van der Waals surface area (Å²) < 4.78 is 1.62. The number of carbonyl (C=O) groups excluding carboxylic acids is 1. The van der Waals surface area contributed by atoms with Crippen LogP contribution in [0.4, 0.5) is 17.2 Å². The minimum Gasteiger partial charge on any atom is -0.338 e. The fourth-order valence-electron chi connectivity index (χ4n) is 1.80. The maximum Gasteiger partial charge on any atom is 0.261 e. The normalized spacial score (nSPS) is 13.2. The zero-order valence-corrected chi connectivity index (χ0v) is 9.75. The second-order valence-electron chi connectivity index (χ2n) is 3.80. The number of aryl methyl sites for hydroxylation is 1. The molecule has 0 saturated heterocycles. The molecule has 1 aromatic carbocycles. The van der Waals surface area contributed by atoms with Crippen LogP contribution < -0.4 is 10.6 Å². The summed E-state index contributed by atoms with van der Waals surface area (Å²) in [5.74, 6) is 0.477. The Labute approximate surface area is 102 Å². The smallest absolute Gasteiger partial charge is 0.261 e. The molecular weight excluding hydrogens is 240 g/mol. The van der Waals surface area contributed by atoms with Gasteiger partial charge in [-0.2, -0.15) is 5.10 Å². The summed E-state index contributed by atoms with van der Waals surface area (Å²) in [6.07, 6.45) is 1.53. The number of aromatic nitrogens is 2. The van der Waals surface area contributed by atoms with Crippen molar-refractivity contribution in [2.75, 3.05) is 10.6 Å². The van der Waals surface area contributed by atoms with Crippen LogP contribution in [0.5, 0.6) is 0 Å². The molecule has 1 aromatic heterocycles. The van der Waals surface area contributed by atoms with Gasteiger partial charge in [0.25, 0.3) is 5.91 Å². The second kappa shape index (κ2) is 3.49. The van der Waals surface area contributed by atoms with Crippen LogP contribution in [0.25, 0.3) is 0 Å². The maximum atomic E-state index is 11.9. The Bertz CT molecular complexity index is 620. The van der Waals surface area contributed by atoms with Crippen LogP contribution in [0.2, 0.25) is 5.02 Å². The topological polar surface area (TPSA) is 59.0 Å². The Morgan fingerprint density at radius 2 is 2.12 bits per heavy atom. The van der Waals surface area contributed by atoms with E-state index < -0.39 is 0 Å². The predicted molar refractivity (Wildman–Crippen MR) is 65.9 cm³/mol. The Balaban J connectivity index is 2.19. The summed E-state index contributed by atoms with van der Waals surface area (Å²) in [5, 5.41) is 10.6. The highest BCUT2D eigenvalue weighted by Crippen LogP contribution is 2.33. The van der Waals surface area contributed by atoms with E-state index in [1.165, 1.54) is 6.20 Å². The molecule has 2 N–H and O–H groups in total. The van der Waals surface area contributed by atoms with Crippen molar-refractivity contribution in [1.82, 2.24) is 9.78 Å². The number of carbonyl (C=O) groups is 1. The molecule has 6 heteroatoms. The fourth-order valence-corrected chi connectivity index (χ4v) is 1.97. The van der Waals surface area contributed by atoms with Gasteiger partial charge < -0.3 is 10.6 Å². The zero-order chi connectivity index (χ0) is 12.0. The summed E-state index contributed by atoms with van der Waals surface area (Å²) in [6, 6.07) is 5.26. The first kappa shape index (κ1) is 10.2. The lowest BCUT2D eigenvalue weighted by Gasteiger charge is -2.08. The number of benzene rings is 1. The molecule has 0 fully saturated rings. The molecule has 0 radical (unpaired) electrons. The lowest BCUT2D eigenvalue weighted by molar-refractivity contribution is 0.102. The molecule has 0 atom stereocenters. The van der Waals surface area contributed by atoms with Gasteiger partial charge in [0.15, 0.2) is 0 Å². The van der Waals surface area contributed by atoms with Crippen molar-refractivity contribution in [3.05, 3.63) is 35.0 Å². The van der Waals surface area contributed by atoms with Crippen LogP contribution in [0.3, 0.4) is 0 Å². The lowest BCUT2D eigenvalue weighted by atomic mass is 10.2. The molecule has 0 spiro atoms. The Morgan fingerprint density at radius 1 is 1.29 bits per heavy atom. The summed E-state index contributed by atoms with van der Waals surface area (Å²) in [7, 11) is 1.77. The predicted octanol–water partition coefficient (Wildman–Crippen LogP) is 2.38. The average molecular weight is 249 g/mol. The van der Waals surface area contributed by atoms with E-state index in [-0.39, 0.29) is 5.91 Å². The maximum absolute atomic E-state index is 11.9. The largest absolute Gasteiger partial charge is 0.338 e. The summed E-state index contributed by atoms with van der Waals surface area (Å²) in [6.45, 7) is 0. The van der Waals surface area contributed by atoms with E-state index in [0.717, 1.165) is 5.69 Å². The van der Waals surface area contributed by atoms with E-state index in [9.17, 15) is 4.79 Å². The zero-order valence-electron chi connectivity index (χ0n) is 8.99. The number of halogens is 1. The Kier molecular flexibility index (Phi) is 2.09. The third kappa shape index (κ3) is 1.55. The Morgan fingerprint density at radius 3 is 2.94 bits per heavy atom. The van der Waals surface area contributed by atoms with Crippen molar-refractivity contribution in [1.29, 1.82) is 0 Å². The van der Waals surface area contributed by atoms with Crippen LogP contribution in [-0.4, -0.2) is 15.7 Å². The van der Waals surface area contributed by atoms with E-state index in [1.54, 1.807) is 29.9 Å². The van der Waals surface area contributed by atoms with E-state index in [4.69, 9.17) is 11.6 Å². The lowest BCUT2D eigenvalue weighted by Crippen LogP contribution is -2.09. The highest BCUT2D eigenvalue weighted by molar-refractivity contribution is 6.31. The monoisotopic (exact) mass is 248 g/mol. The molecule has 1 amide bonds. The molecular formula is C11H9ClN4O. The molecule has 0 aliphatic carbocycles. The highest BCUT2D eigenvalue weighted by atomic mass is 35.5. The number of amides is 1. The fraction of sp³-hybridized carbons (Fsp3) is 0.0909. The molecule has 2 aromatic rings. The number of anilines is 3. The van der Waals surface area contributed by atoms with Gasteiger partial charge in [-0.15, -0.1) is 0 Å². The average Bonchev–Trinajstić information content (AvgIpc) is 2.57. The third-order valence-corrected chi connectivity index (χ3v) is 2.90. The van der Waals surface area contributed by atoms with Gasteiger partial charge in [0.05, 0.1) is 17.6 Å². The first-order valence-electron chi connectivity index (χ1n) is 5.05. The van der Waals surface area contributed by atoms with Gasteiger partial charge in [-0.1, -0.05) is 11.6 Å². The number of nitrogens with one attached hydrogen (secondary N) is 2. The standard InChI is InChI=1S/C11H9ClN4O/c1-16-10-7(5-13-16)11(17)15-8-3-2-6(12)4-9(8)14-10/h2-5,14H,1H3,(H,15,17). The molecule has 3 rings (SSSR count). The summed E-state index contributed by atoms with van der Waals surface area (Å²) >= 11 is 5.93. The minimum absolute atomic E-state index is 0.179. The van der Waals surface area contributed by atoms with Crippen LogP contribution in [-0.2, 0) is 7.05 Å². The van der Waals surface area contributed by atoms with Crippen molar-refractivity contribution < 1.29 is 4.79 Å². The molecule has 1 aliphatic rings. The van der Waals surface area contributed by atoms with Gasteiger partial charge in [0.1, 0.15) is 11.4 Å². The second-order valence-corrected chi connectivity index (χ2v) is 4.24. The van der Waals surface area contributed by atoms with E-state index >= 15 is 0 Å². The Hall–Kier alpha value is -2.01. The van der Waals surface area contributed by atoms with Gasteiger partial charge in [-0.05, 0) is 18.2 Å². The van der Waals surface area contributed by atoms with Crippen LogP contribution in [0, 0.1) is 0 Å².